The minimum Gasteiger partial charge on any atom is -0.301 e. The van der Waals surface area contributed by atoms with Gasteiger partial charge >= 0.3 is 0 Å². The van der Waals surface area contributed by atoms with Gasteiger partial charge in [0.1, 0.15) is 5.78 Å². The Bertz CT molecular complexity index is 270. The molecule has 2 aliphatic carbocycles. The monoisotopic (exact) mass is 236 g/mol. The Balaban J connectivity index is 1.42. The zero-order valence-electron chi connectivity index (χ0n) is 10.7. The van der Waals surface area contributed by atoms with Crippen molar-refractivity contribution in [3.63, 3.8) is 0 Å². The Labute approximate surface area is 104 Å². The van der Waals surface area contributed by atoms with Gasteiger partial charge in [0, 0.05) is 51.6 Å². The quantitative estimate of drug-likeness (QED) is 0.742. The van der Waals surface area contributed by atoms with Gasteiger partial charge in [-0.2, -0.15) is 0 Å². The zero-order chi connectivity index (χ0) is 11.7. The van der Waals surface area contributed by atoms with E-state index in [-0.39, 0.29) is 0 Å². The molecule has 0 aromatic carbocycles. The summed E-state index contributed by atoms with van der Waals surface area (Å²) in [5, 5.41) is 0. The number of hydrogen-bond acceptors (Lipinski definition) is 3. The van der Waals surface area contributed by atoms with Crippen molar-refractivity contribution in [2.45, 2.75) is 44.6 Å². The second-order valence-corrected chi connectivity index (χ2v) is 6.05. The maximum absolute atomic E-state index is 11.2. The summed E-state index contributed by atoms with van der Waals surface area (Å²) in [6.45, 7) is 6.30. The minimum atomic E-state index is 0.480. The van der Waals surface area contributed by atoms with Crippen LogP contribution in [-0.4, -0.2) is 54.3 Å². The van der Waals surface area contributed by atoms with Crippen molar-refractivity contribution >= 4 is 5.78 Å². The van der Waals surface area contributed by atoms with Crippen LogP contribution >= 0.6 is 0 Å². The Kier molecular flexibility index (Phi) is 3.48. The van der Waals surface area contributed by atoms with Crippen molar-refractivity contribution in [1.82, 2.24) is 9.80 Å². The number of nitrogens with zero attached hydrogens (tertiary/aromatic N) is 2. The third kappa shape index (κ3) is 3.08. The first-order valence-corrected chi connectivity index (χ1v) is 7.29. The normalized spacial score (nSPS) is 29.8. The van der Waals surface area contributed by atoms with Crippen LogP contribution in [0.1, 0.15) is 38.5 Å². The molecule has 0 amide bonds. The van der Waals surface area contributed by atoms with Crippen LogP contribution in [0.5, 0.6) is 0 Å². The minimum absolute atomic E-state index is 0.480. The smallest absolute Gasteiger partial charge is 0.133 e. The van der Waals surface area contributed by atoms with Crippen LogP contribution in [0.3, 0.4) is 0 Å². The third-order valence-corrected chi connectivity index (χ3v) is 4.65. The zero-order valence-corrected chi connectivity index (χ0v) is 10.7. The third-order valence-electron chi connectivity index (χ3n) is 4.65. The van der Waals surface area contributed by atoms with Crippen molar-refractivity contribution in [3.8, 4) is 0 Å². The standard InChI is InChI=1S/C14H24N2O/c17-14-5-3-13(4-6-14)16-9-7-15(8-10-16)11-12-1-2-12/h12-13H,1-11H2. The summed E-state index contributed by atoms with van der Waals surface area (Å²) < 4.78 is 0. The van der Waals surface area contributed by atoms with Gasteiger partial charge in [-0.15, -0.1) is 0 Å². The van der Waals surface area contributed by atoms with Crippen molar-refractivity contribution in [1.29, 1.82) is 0 Å². The maximum Gasteiger partial charge on any atom is 0.133 e. The van der Waals surface area contributed by atoms with E-state index in [1.54, 1.807) is 0 Å². The Morgan fingerprint density at radius 2 is 1.59 bits per heavy atom. The number of carbonyl (C=O) groups is 1. The Morgan fingerprint density at radius 3 is 2.18 bits per heavy atom. The molecule has 3 nitrogen and oxygen atoms in total. The van der Waals surface area contributed by atoms with Crippen LogP contribution in [-0.2, 0) is 4.79 Å². The van der Waals surface area contributed by atoms with E-state index in [0.717, 1.165) is 31.6 Å². The van der Waals surface area contributed by atoms with Gasteiger partial charge in [-0.05, 0) is 31.6 Å². The first-order chi connectivity index (χ1) is 8.31. The van der Waals surface area contributed by atoms with E-state index >= 15 is 0 Å². The molecule has 0 bridgehead atoms. The van der Waals surface area contributed by atoms with Gasteiger partial charge in [-0.25, -0.2) is 0 Å². The molecule has 0 aromatic rings. The fourth-order valence-corrected chi connectivity index (χ4v) is 3.27. The van der Waals surface area contributed by atoms with Crippen molar-refractivity contribution in [2.24, 2.45) is 5.92 Å². The fourth-order valence-electron chi connectivity index (χ4n) is 3.27. The van der Waals surface area contributed by atoms with E-state index in [4.69, 9.17) is 0 Å². The van der Waals surface area contributed by atoms with Crippen LogP contribution in [0.2, 0.25) is 0 Å². The van der Waals surface area contributed by atoms with Gasteiger partial charge < -0.3 is 4.90 Å². The predicted octanol–water partition coefficient (Wildman–Crippen LogP) is 1.53. The van der Waals surface area contributed by atoms with Crippen molar-refractivity contribution in [3.05, 3.63) is 0 Å². The lowest BCUT2D eigenvalue weighted by Crippen LogP contribution is -2.51. The molecule has 3 aliphatic rings. The largest absolute Gasteiger partial charge is 0.301 e. The van der Waals surface area contributed by atoms with Crippen LogP contribution in [0.15, 0.2) is 0 Å². The van der Waals surface area contributed by atoms with Crippen LogP contribution in [0, 0.1) is 5.92 Å². The molecule has 1 aliphatic heterocycles. The summed E-state index contributed by atoms with van der Waals surface area (Å²) in [7, 11) is 0. The molecule has 1 heterocycles. The number of rotatable bonds is 3. The molecule has 1 saturated heterocycles. The summed E-state index contributed by atoms with van der Waals surface area (Å²) >= 11 is 0. The maximum atomic E-state index is 11.2. The van der Waals surface area contributed by atoms with Crippen LogP contribution in [0.25, 0.3) is 0 Å². The summed E-state index contributed by atoms with van der Waals surface area (Å²) in [6, 6.07) is 0.704. The molecule has 0 unspecified atom stereocenters. The average molecular weight is 236 g/mol. The number of piperazine rings is 1. The van der Waals surface area contributed by atoms with Crippen molar-refractivity contribution in [2.75, 3.05) is 32.7 Å². The number of carbonyl (C=O) groups excluding carboxylic acids is 1. The lowest BCUT2D eigenvalue weighted by atomic mass is 9.93. The van der Waals surface area contributed by atoms with E-state index in [2.05, 4.69) is 9.80 Å². The molecule has 0 aromatic heterocycles. The van der Waals surface area contributed by atoms with Gasteiger partial charge in [0.2, 0.25) is 0 Å². The highest BCUT2D eigenvalue weighted by molar-refractivity contribution is 5.79. The first kappa shape index (κ1) is 11.7. The number of ketones is 1. The highest BCUT2D eigenvalue weighted by Crippen LogP contribution is 2.30. The average Bonchev–Trinajstić information content (AvgIpc) is 3.15. The second-order valence-electron chi connectivity index (χ2n) is 6.05. The summed E-state index contributed by atoms with van der Waals surface area (Å²) in [5.41, 5.74) is 0. The molecule has 96 valence electrons. The van der Waals surface area contributed by atoms with E-state index in [0.29, 0.717) is 11.8 Å². The molecule has 0 spiro atoms. The molecule has 3 rings (SSSR count). The molecular weight excluding hydrogens is 212 g/mol. The second kappa shape index (κ2) is 5.07. The fraction of sp³-hybridized carbons (Fsp3) is 0.929. The molecule has 0 N–H and O–H groups in total. The van der Waals surface area contributed by atoms with E-state index in [1.807, 2.05) is 0 Å². The van der Waals surface area contributed by atoms with Gasteiger partial charge in [0.25, 0.3) is 0 Å². The lowest BCUT2D eigenvalue weighted by molar-refractivity contribution is -0.121. The lowest BCUT2D eigenvalue weighted by Gasteiger charge is -2.40. The summed E-state index contributed by atoms with van der Waals surface area (Å²) in [6.07, 6.45) is 6.80. The Hall–Kier alpha value is -0.410. The van der Waals surface area contributed by atoms with E-state index in [1.165, 1.54) is 45.6 Å². The van der Waals surface area contributed by atoms with Crippen molar-refractivity contribution < 1.29 is 4.79 Å². The van der Waals surface area contributed by atoms with Crippen LogP contribution < -0.4 is 0 Å². The molecule has 2 saturated carbocycles. The summed E-state index contributed by atoms with van der Waals surface area (Å²) in [5.74, 6) is 1.50. The molecular formula is C14H24N2O. The van der Waals surface area contributed by atoms with Gasteiger partial charge in [0.15, 0.2) is 0 Å². The van der Waals surface area contributed by atoms with Gasteiger partial charge in [0.05, 0.1) is 0 Å². The van der Waals surface area contributed by atoms with Gasteiger partial charge in [-0.1, -0.05) is 0 Å². The van der Waals surface area contributed by atoms with E-state index < -0.39 is 0 Å². The number of hydrogen-bond donors (Lipinski definition) is 0. The summed E-state index contributed by atoms with van der Waals surface area (Å²) in [4.78, 5) is 16.5. The molecule has 0 radical (unpaired) electrons. The number of Topliss-reactive ketones (excluding diaryl/α,β-unsaturated/α-hetero) is 1. The molecule has 0 atom stereocenters. The molecule has 3 heteroatoms. The topological polar surface area (TPSA) is 23.6 Å². The highest BCUT2D eigenvalue weighted by Gasteiger charge is 2.29. The SMILES string of the molecule is O=C1CCC(N2CCN(CC3CC3)CC2)CC1. The highest BCUT2D eigenvalue weighted by atomic mass is 16.1. The van der Waals surface area contributed by atoms with E-state index in [9.17, 15) is 4.79 Å². The van der Waals surface area contributed by atoms with Gasteiger partial charge in [-0.3, -0.25) is 9.69 Å². The van der Waals surface area contributed by atoms with Crippen LogP contribution in [0.4, 0.5) is 0 Å². The molecule has 3 fully saturated rings. The predicted molar refractivity (Wildman–Crippen MR) is 68.0 cm³/mol. The Morgan fingerprint density at radius 1 is 0.941 bits per heavy atom. The molecule has 17 heavy (non-hydrogen) atoms. The first-order valence-electron chi connectivity index (χ1n) is 7.29.